The van der Waals surface area contributed by atoms with Crippen molar-refractivity contribution in [1.29, 1.82) is 0 Å². The topological polar surface area (TPSA) is 107 Å². The van der Waals surface area contributed by atoms with Gasteiger partial charge in [-0.3, -0.25) is 9.89 Å². The molecule has 0 aliphatic heterocycles. The summed E-state index contributed by atoms with van der Waals surface area (Å²) in [6, 6.07) is 13.3. The minimum Gasteiger partial charge on any atom is -0.464 e. The molecule has 0 aliphatic carbocycles. The van der Waals surface area contributed by atoms with Crippen molar-refractivity contribution in [3.63, 3.8) is 0 Å². The summed E-state index contributed by atoms with van der Waals surface area (Å²) in [7, 11) is 1.32. The fraction of sp³-hybridized carbons (Fsp3) is 0.348. The van der Waals surface area contributed by atoms with E-state index in [0.29, 0.717) is 5.39 Å². The second kappa shape index (κ2) is 7.91. The number of fused-ring (bicyclic) bond motifs is 1. The van der Waals surface area contributed by atoms with E-state index >= 15 is 0 Å². The second-order valence-corrected chi connectivity index (χ2v) is 8.44. The molecule has 0 fully saturated rings. The number of nitrogens with zero attached hydrogens (tertiary/aromatic N) is 1. The smallest absolute Gasteiger partial charge is 0.359 e. The molecule has 7 heteroatoms. The van der Waals surface area contributed by atoms with Gasteiger partial charge in [-0.2, -0.15) is 5.10 Å². The quantitative estimate of drug-likeness (QED) is 0.624. The molecule has 3 N–H and O–H groups in total. The van der Waals surface area contributed by atoms with Gasteiger partial charge in [0, 0.05) is 11.9 Å². The number of hydrogen-bond donors (Lipinski definition) is 2. The van der Waals surface area contributed by atoms with Crippen LogP contribution in [0.2, 0.25) is 0 Å². The Kier molecular flexibility index (Phi) is 5.67. The van der Waals surface area contributed by atoms with Crippen molar-refractivity contribution >= 4 is 22.8 Å². The van der Waals surface area contributed by atoms with E-state index in [4.69, 9.17) is 15.2 Å². The average molecular weight is 409 g/mol. The zero-order valence-corrected chi connectivity index (χ0v) is 17.9. The lowest BCUT2D eigenvalue weighted by molar-refractivity contribution is -0.161. The summed E-state index contributed by atoms with van der Waals surface area (Å²) in [4.78, 5) is 24.7. The number of carbonyl (C=O) groups is 2. The number of aromatic amines is 1. The average Bonchev–Trinajstić information content (AvgIpc) is 3.14. The maximum atomic E-state index is 12.8. The molecule has 3 aromatic rings. The minimum absolute atomic E-state index is 0.130. The molecule has 30 heavy (non-hydrogen) atoms. The Morgan fingerprint density at radius 3 is 2.23 bits per heavy atom. The largest absolute Gasteiger partial charge is 0.464 e. The van der Waals surface area contributed by atoms with Crippen LogP contribution in [-0.4, -0.2) is 41.4 Å². The van der Waals surface area contributed by atoms with Gasteiger partial charge in [-0.05, 0) is 56.5 Å². The van der Waals surface area contributed by atoms with Crippen molar-refractivity contribution in [1.82, 2.24) is 10.2 Å². The molecule has 2 aromatic carbocycles. The first-order valence-corrected chi connectivity index (χ1v) is 9.70. The van der Waals surface area contributed by atoms with E-state index in [-0.39, 0.29) is 18.2 Å². The number of nitrogens with two attached hydrogens (primary N) is 1. The Balaban J connectivity index is 1.95. The normalized spacial score (nSPS) is 13.7. The number of benzene rings is 2. The lowest BCUT2D eigenvalue weighted by atomic mass is 9.81. The summed E-state index contributed by atoms with van der Waals surface area (Å²) in [5, 5.41) is 7.56. The maximum absolute atomic E-state index is 12.8. The van der Waals surface area contributed by atoms with Crippen LogP contribution in [0.15, 0.2) is 42.5 Å². The molecule has 1 atom stereocenters. The molecule has 3 rings (SSSR count). The van der Waals surface area contributed by atoms with Crippen molar-refractivity contribution in [3.05, 3.63) is 53.7 Å². The fourth-order valence-electron chi connectivity index (χ4n) is 3.19. The van der Waals surface area contributed by atoms with Gasteiger partial charge in [-0.15, -0.1) is 0 Å². The maximum Gasteiger partial charge on any atom is 0.359 e. The van der Waals surface area contributed by atoms with Gasteiger partial charge in [0.1, 0.15) is 11.0 Å². The Morgan fingerprint density at radius 2 is 1.67 bits per heavy atom. The molecule has 1 unspecified atom stereocenters. The molecule has 0 saturated heterocycles. The van der Waals surface area contributed by atoms with Crippen LogP contribution in [0, 0.1) is 0 Å². The zero-order chi connectivity index (χ0) is 22.1. The van der Waals surface area contributed by atoms with Crippen molar-refractivity contribution in [2.75, 3.05) is 13.7 Å². The van der Waals surface area contributed by atoms with Crippen LogP contribution in [0.25, 0.3) is 22.0 Å². The Bertz CT molecular complexity index is 1080. The van der Waals surface area contributed by atoms with E-state index in [1.165, 1.54) is 7.11 Å². The summed E-state index contributed by atoms with van der Waals surface area (Å²) in [5.74, 6) is -0.849. The monoisotopic (exact) mass is 409 g/mol. The first-order valence-electron chi connectivity index (χ1n) is 9.70. The summed E-state index contributed by atoms with van der Waals surface area (Å²) in [5.41, 5.74) is 8.03. The molecule has 1 heterocycles. The van der Waals surface area contributed by atoms with Crippen LogP contribution >= 0.6 is 0 Å². The molecule has 0 bridgehead atoms. The van der Waals surface area contributed by atoms with Gasteiger partial charge in [0.25, 0.3) is 0 Å². The highest BCUT2D eigenvalue weighted by atomic mass is 16.6. The van der Waals surface area contributed by atoms with Crippen molar-refractivity contribution < 1.29 is 19.1 Å². The predicted molar refractivity (Wildman–Crippen MR) is 115 cm³/mol. The first kappa shape index (κ1) is 21.5. The highest BCUT2D eigenvalue weighted by Crippen LogP contribution is 2.30. The highest BCUT2D eigenvalue weighted by Gasteiger charge is 2.37. The minimum atomic E-state index is -0.946. The Hall–Kier alpha value is -3.19. The van der Waals surface area contributed by atoms with Crippen LogP contribution in [0.3, 0.4) is 0 Å². The van der Waals surface area contributed by atoms with Crippen LogP contribution in [0.1, 0.15) is 43.7 Å². The predicted octanol–water partition coefficient (Wildman–Crippen LogP) is 3.57. The van der Waals surface area contributed by atoms with Gasteiger partial charge < -0.3 is 15.2 Å². The number of aromatic nitrogens is 2. The summed E-state index contributed by atoms with van der Waals surface area (Å²) in [6.07, 6.45) is 0. The van der Waals surface area contributed by atoms with Crippen molar-refractivity contribution in [2.24, 2.45) is 5.73 Å². The number of H-pyrrole nitrogens is 1. The van der Waals surface area contributed by atoms with E-state index in [1.54, 1.807) is 6.92 Å². The van der Waals surface area contributed by atoms with E-state index < -0.39 is 17.0 Å². The van der Waals surface area contributed by atoms with E-state index in [9.17, 15) is 9.59 Å². The highest BCUT2D eigenvalue weighted by molar-refractivity contribution is 6.03. The number of rotatable bonds is 5. The van der Waals surface area contributed by atoms with Gasteiger partial charge in [0.15, 0.2) is 5.69 Å². The standard InChI is InChI=1S/C23H27N3O4/c1-22(2,3)30-21(28)23(4,13-24)16-9-6-14(7-10-16)15-8-11-18-17(12-15)19(26-25-18)20(27)29-5/h6-12H,13,24H2,1-5H3,(H,25,26). The third kappa shape index (κ3) is 4.07. The molecule has 0 aliphatic rings. The van der Waals surface area contributed by atoms with Crippen LogP contribution < -0.4 is 5.73 Å². The third-order valence-corrected chi connectivity index (χ3v) is 5.05. The number of hydrogen-bond acceptors (Lipinski definition) is 6. The Labute approximate surface area is 175 Å². The van der Waals surface area contributed by atoms with Crippen LogP contribution in [0.5, 0.6) is 0 Å². The van der Waals surface area contributed by atoms with Crippen LogP contribution in [-0.2, 0) is 19.7 Å². The fourth-order valence-corrected chi connectivity index (χ4v) is 3.19. The molecule has 1 aromatic heterocycles. The Morgan fingerprint density at radius 1 is 1.03 bits per heavy atom. The molecular weight excluding hydrogens is 382 g/mol. The van der Waals surface area contributed by atoms with E-state index in [2.05, 4.69) is 10.2 Å². The summed E-state index contributed by atoms with van der Waals surface area (Å²) >= 11 is 0. The third-order valence-electron chi connectivity index (χ3n) is 5.05. The lowest BCUT2D eigenvalue weighted by Crippen LogP contribution is -2.44. The van der Waals surface area contributed by atoms with E-state index in [1.807, 2.05) is 63.2 Å². The molecular formula is C23H27N3O4. The van der Waals surface area contributed by atoms with Gasteiger partial charge in [-0.1, -0.05) is 30.3 Å². The molecule has 7 nitrogen and oxygen atoms in total. The zero-order valence-electron chi connectivity index (χ0n) is 17.9. The van der Waals surface area contributed by atoms with Gasteiger partial charge >= 0.3 is 11.9 Å². The molecule has 0 amide bonds. The molecule has 0 saturated carbocycles. The summed E-state index contributed by atoms with van der Waals surface area (Å²) < 4.78 is 10.4. The van der Waals surface area contributed by atoms with E-state index in [0.717, 1.165) is 22.2 Å². The molecule has 0 spiro atoms. The lowest BCUT2D eigenvalue weighted by Gasteiger charge is -2.31. The SMILES string of the molecule is COC(=O)c1n[nH]c2ccc(-c3ccc(C(C)(CN)C(=O)OC(C)(C)C)cc3)cc12. The number of methoxy groups -OCH3 is 1. The molecule has 158 valence electrons. The number of esters is 2. The van der Waals surface area contributed by atoms with Crippen molar-refractivity contribution in [3.8, 4) is 11.1 Å². The van der Waals surface area contributed by atoms with Gasteiger partial charge in [0.05, 0.1) is 12.6 Å². The van der Waals surface area contributed by atoms with Crippen LogP contribution in [0.4, 0.5) is 0 Å². The first-order chi connectivity index (χ1) is 14.1. The second-order valence-electron chi connectivity index (χ2n) is 8.44. The van der Waals surface area contributed by atoms with Crippen molar-refractivity contribution in [2.45, 2.75) is 38.7 Å². The number of ether oxygens (including phenoxy) is 2. The van der Waals surface area contributed by atoms with Gasteiger partial charge in [0.2, 0.25) is 0 Å². The number of carbonyl (C=O) groups excluding carboxylic acids is 2. The summed E-state index contributed by atoms with van der Waals surface area (Å²) in [6.45, 7) is 7.42. The molecule has 0 radical (unpaired) electrons. The number of nitrogens with one attached hydrogen (secondary N) is 1. The van der Waals surface area contributed by atoms with Gasteiger partial charge in [-0.25, -0.2) is 4.79 Å².